The highest BCUT2D eigenvalue weighted by molar-refractivity contribution is 7.38. The highest BCUT2D eigenvalue weighted by Crippen LogP contribution is 2.69. The monoisotopic (exact) mass is 650 g/mol. The quantitative estimate of drug-likeness (QED) is 0.168. The van der Waals surface area contributed by atoms with Gasteiger partial charge in [-0.15, -0.1) is 68.0 Å². The molecule has 0 bridgehead atoms. The third kappa shape index (κ3) is 3.96. The van der Waals surface area contributed by atoms with Gasteiger partial charge in [0.25, 0.3) is 0 Å². The summed E-state index contributed by atoms with van der Waals surface area (Å²) < 4.78 is 12.4. The molecule has 6 unspecified atom stereocenters. The third-order valence-electron chi connectivity index (χ3n) is 11.6. The van der Waals surface area contributed by atoms with E-state index < -0.39 is 0 Å². The molecule has 0 radical (unpaired) electrons. The molecular weight excluding hydrogens is 613 g/mol. The molecule has 6 aromatic rings. The fraction of sp³-hybridized carbons (Fsp3) is 0.543. The van der Waals surface area contributed by atoms with Crippen molar-refractivity contribution >= 4 is 106 Å². The van der Waals surface area contributed by atoms with Crippen LogP contribution >= 0.6 is 68.0 Å². The van der Waals surface area contributed by atoms with Gasteiger partial charge >= 0.3 is 0 Å². The van der Waals surface area contributed by atoms with Crippen LogP contribution in [-0.2, 0) is 0 Å². The lowest BCUT2D eigenvalue weighted by Gasteiger charge is -2.46. The number of hydrogen-bond acceptors (Lipinski definition) is 6. The summed E-state index contributed by atoms with van der Waals surface area (Å²) in [6.45, 7) is 4.97. The van der Waals surface area contributed by atoms with Gasteiger partial charge in [-0.2, -0.15) is 0 Å². The predicted octanol–water partition coefficient (Wildman–Crippen LogP) is 14.0. The van der Waals surface area contributed by atoms with Crippen LogP contribution in [0, 0.1) is 29.1 Å². The molecule has 214 valence electrons. The van der Waals surface area contributed by atoms with Gasteiger partial charge in [0.05, 0.1) is 18.8 Å². The smallest absolute Gasteiger partial charge is 0.0632 e. The SMILES string of the molecule is CCCC1(CCC)C2CC(c3cc4sc5ccsc5c4s3)CCC2C2CCC(c3cc4sc5ccsc5c4s3)CC21. The van der Waals surface area contributed by atoms with Crippen molar-refractivity contribution in [2.45, 2.75) is 89.9 Å². The maximum atomic E-state index is 2.62. The summed E-state index contributed by atoms with van der Waals surface area (Å²) >= 11 is 12.3. The highest BCUT2D eigenvalue weighted by Gasteiger charge is 2.60. The van der Waals surface area contributed by atoms with E-state index in [4.69, 9.17) is 0 Å². The number of fused-ring (bicyclic) bond motifs is 9. The Morgan fingerprint density at radius 3 is 1.56 bits per heavy atom. The maximum Gasteiger partial charge on any atom is 0.0632 e. The number of rotatable bonds is 6. The molecule has 6 atom stereocenters. The van der Waals surface area contributed by atoms with Crippen LogP contribution in [-0.4, -0.2) is 0 Å². The van der Waals surface area contributed by atoms with Gasteiger partial charge in [0.1, 0.15) is 0 Å². The fourth-order valence-electron chi connectivity index (χ4n) is 10.3. The molecule has 0 N–H and O–H groups in total. The van der Waals surface area contributed by atoms with Gasteiger partial charge < -0.3 is 0 Å². The minimum absolute atomic E-state index is 0.571. The minimum atomic E-state index is 0.571. The number of thiophene rings is 6. The Labute approximate surface area is 267 Å². The zero-order valence-electron chi connectivity index (χ0n) is 23.9. The van der Waals surface area contributed by atoms with E-state index >= 15 is 0 Å². The van der Waals surface area contributed by atoms with Crippen molar-refractivity contribution in [2.75, 3.05) is 0 Å². The van der Waals surface area contributed by atoms with Crippen LogP contribution in [0.5, 0.6) is 0 Å². The first-order valence-electron chi connectivity index (χ1n) is 16.0. The molecule has 3 saturated carbocycles. The van der Waals surface area contributed by atoms with Crippen LogP contribution in [0.15, 0.2) is 35.0 Å². The summed E-state index contributed by atoms with van der Waals surface area (Å²) in [5.41, 5.74) is 0.571. The van der Waals surface area contributed by atoms with Crippen LogP contribution < -0.4 is 0 Å². The lowest BCUT2D eigenvalue weighted by molar-refractivity contribution is 0.0486. The van der Waals surface area contributed by atoms with E-state index in [0.717, 1.165) is 35.5 Å². The van der Waals surface area contributed by atoms with Gasteiger partial charge in [0, 0.05) is 28.6 Å². The second-order valence-electron chi connectivity index (χ2n) is 13.4. The Kier molecular flexibility index (Phi) is 6.58. The molecule has 6 heterocycles. The highest BCUT2D eigenvalue weighted by atomic mass is 32.1. The standard InChI is InChI=1S/C35H38S6/c1-3-11-35(12-4-2)23-15-19(27-17-29-33(40-27)31-25(38-29)9-13-36-31)5-7-21(23)22-8-6-20(16-24(22)35)28-18-30-34(41-28)32-26(39-30)10-14-37-32/h9-10,13-14,17-24H,3-8,11-12,15-16H2,1-2H3. The van der Waals surface area contributed by atoms with Crippen molar-refractivity contribution in [3.8, 4) is 0 Å². The lowest BCUT2D eigenvalue weighted by atomic mass is 9.59. The molecule has 0 spiro atoms. The molecule has 0 aromatic carbocycles. The van der Waals surface area contributed by atoms with E-state index in [1.54, 1.807) is 38.0 Å². The summed E-state index contributed by atoms with van der Waals surface area (Å²) in [6, 6.07) is 9.88. The molecule has 3 aliphatic rings. The Morgan fingerprint density at radius 2 is 1.10 bits per heavy atom. The van der Waals surface area contributed by atoms with E-state index in [1.165, 1.54) is 73.6 Å². The van der Waals surface area contributed by atoms with Crippen LogP contribution in [0.1, 0.15) is 99.6 Å². The zero-order chi connectivity index (χ0) is 27.3. The molecule has 3 aliphatic carbocycles. The van der Waals surface area contributed by atoms with Gasteiger partial charge in [-0.25, -0.2) is 0 Å². The van der Waals surface area contributed by atoms with Gasteiger partial charge in [0.15, 0.2) is 0 Å². The lowest BCUT2D eigenvalue weighted by Crippen LogP contribution is -2.37. The molecule has 41 heavy (non-hydrogen) atoms. The van der Waals surface area contributed by atoms with Gasteiger partial charge in [0.2, 0.25) is 0 Å². The molecule has 0 saturated heterocycles. The zero-order valence-corrected chi connectivity index (χ0v) is 28.8. The second-order valence-corrected chi connectivity index (χ2v) is 19.6. The molecule has 0 nitrogen and oxygen atoms in total. The Bertz CT molecular complexity index is 1710. The third-order valence-corrected chi connectivity index (χ3v) is 19.1. The average molecular weight is 651 g/mol. The Hall–Kier alpha value is -0.760. The van der Waals surface area contributed by atoms with Crippen molar-refractivity contribution in [2.24, 2.45) is 29.1 Å². The molecule has 6 aromatic heterocycles. The van der Waals surface area contributed by atoms with Gasteiger partial charge in [-0.05, 0) is 127 Å². The fourth-order valence-corrected chi connectivity index (χ4v) is 18.2. The van der Waals surface area contributed by atoms with Crippen LogP contribution in [0.2, 0.25) is 0 Å². The first-order chi connectivity index (χ1) is 20.2. The predicted molar refractivity (Wildman–Crippen MR) is 190 cm³/mol. The van der Waals surface area contributed by atoms with E-state index in [-0.39, 0.29) is 0 Å². The van der Waals surface area contributed by atoms with Gasteiger partial charge in [-0.1, -0.05) is 26.7 Å². The second kappa shape index (κ2) is 10.1. The summed E-state index contributed by atoms with van der Waals surface area (Å²) in [5, 5.41) is 4.56. The average Bonchev–Trinajstić information content (AvgIpc) is 3.80. The minimum Gasteiger partial charge on any atom is -0.141 e. The summed E-state index contributed by atoms with van der Waals surface area (Å²) in [5.74, 6) is 5.43. The Balaban J connectivity index is 1.05. The molecule has 0 amide bonds. The summed E-state index contributed by atoms with van der Waals surface area (Å²) in [6.07, 6.45) is 14.4. The largest absolute Gasteiger partial charge is 0.141 e. The Morgan fingerprint density at radius 1 is 0.610 bits per heavy atom. The van der Waals surface area contributed by atoms with E-state index in [1.807, 2.05) is 45.3 Å². The number of hydrogen-bond donors (Lipinski definition) is 0. The van der Waals surface area contributed by atoms with E-state index in [9.17, 15) is 0 Å². The van der Waals surface area contributed by atoms with Crippen molar-refractivity contribution in [3.63, 3.8) is 0 Å². The van der Waals surface area contributed by atoms with Crippen LogP contribution in [0.3, 0.4) is 0 Å². The first kappa shape index (κ1) is 26.6. The molecular formula is C35H38S6. The van der Waals surface area contributed by atoms with Crippen molar-refractivity contribution in [1.82, 2.24) is 0 Å². The van der Waals surface area contributed by atoms with Crippen LogP contribution in [0.4, 0.5) is 0 Å². The first-order valence-corrected chi connectivity index (χ1v) is 21.0. The van der Waals surface area contributed by atoms with Gasteiger partial charge in [-0.3, -0.25) is 0 Å². The van der Waals surface area contributed by atoms with E-state index in [2.05, 4.69) is 71.5 Å². The molecule has 3 fully saturated rings. The molecule has 0 aliphatic heterocycles. The van der Waals surface area contributed by atoms with Crippen molar-refractivity contribution in [3.05, 3.63) is 44.8 Å². The summed E-state index contributed by atoms with van der Waals surface area (Å²) in [7, 11) is 0. The molecule has 6 heteroatoms. The van der Waals surface area contributed by atoms with Crippen LogP contribution in [0.25, 0.3) is 37.6 Å². The van der Waals surface area contributed by atoms with Crippen molar-refractivity contribution in [1.29, 1.82) is 0 Å². The summed E-state index contributed by atoms with van der Waals surface area (Å²) in [4.78, 5) is 3.43. The normalized spacial score (nSPS) is 29.7. The van der Waals surface area contributed by atoms with Crippen molar-refractivity contribution < 1.29 is 0 Å². The maximum absolute atomic E-state index is 2.62. The van der Waals surface area contributed by atoms with E-state index in [0.29, 0.717) is 5.41 Å². The molecule has 9 rings (SSSR count). The topological polar surface area (TPSA) is 0 Å².